The van der Waals surface area contributed by atoms with Crippen molar-refractivity contribution >= 4 is 0 Å². The molecule has 0 heterocycles. The molecule has 28 heavy (non-hydrogen) atoms. The van der Waals surface area contributed by atoms with Crippen molar-refractivity contribution in [3.05, 3.63) is 35.9 Å². The summed E-state index contributed by atoms with van der Waals surface area (Å²) in [5.74, 6) is 0.404. The van der Waals surface area contributed by atoms with Gasteiger partial charge in [0.05, 0.1) is 13.7 Å². The third kappa shape index (κ3) is 4.69. The molecule has 0 bridgehead atoms. The highest BCUT2D eigenvalue weighted by Crippen LogP contribution is 2.44. The van der Waals surface area contributed by atoms with E-state index in [1.165, 1.54) is 26.4 Å². The number of rotatable bonds is 7. The number of ether oxygens (including phenoxy) is 2. The van der Waals surface area contributed by atoms with E-state index in [0.717, 1.165) is 44.4 Å². The summed E-state index contributed by atoms with van der Waals surface area (Å²) in [5.41, 5.74) is 0.373. The first-order valence-corrected chi connectivity index (χ1v) is 10.9. The number of hydrogen-bond acceptors (Lipinski definition) is 2. The first-order valence-electron chi connectivity index (χ1n) is 10.9. The van der Waals surface area contributed by atoms with Gasteiger partial charge >= 0.3 is 0 Å². The molecule has 2 fully saturated rings. The van der Waals surface area contributed by atoms with Gasteiger partial charge in [0, 0.05) is 11.6 Å². The average molecular weight is 393 g/mol. The number of benzene rings is 1. The molecule has 0 amide bonds. The molecular formula is C24H34F2O2. The van der Waals surface area contributed by atoms with Gasteiger partial charge in [-0.2, -0.15) is 4.39 Å². The van der Waals surface area contributed by atoms with Crippen LogP contribution < -0.4 is 9.47 Å². The third-order valence-corrected chi connectivity index (χ3v) is 6.92. The summed E-state index contributed by atoms with van der Waals surface area (Å²) in [5, 5.41) is 0. The van der Waals surface area contributed by atoms with E-state index in [0.29, 0.717) is 29.8 Å². The van der Waals surface area contributed by atoms with Crippen LogP contribution in [0.4, 0.5) is 8.78 Å². The molecule has 0 N–H and O–H groups in total. The normalized spacial score (nSPS) is 28.0. The summed E-state index contributed by atoms with van der Waals surface area (Å²) < 4.78 is 40.9. The second kappa shape index (κ2) is 9.76. The SMILES string of the molecule is C=CC1CCC(c2c(OC)cc(OCC3CCC(CC)CC3)c(F)c2F)CC1. The zero-order valence-electron chi connectivity index (χ0n) is 17.3. The van der Waals surface area contributed by atoms with Crippen molar-refractivity contribution < 1.29 is 18.3 Å². The van der Waals surface area contributed by atoms with Gasteiger partial charge in [0.2, 0.25) is 5.82 Å². The summed E-state index contributed by atoms with van der Waals surface area (Å²) in [7, 11) is 1.52. The summed E-state index contributed by atoms with van der Waals surface area (Å²) in [6, 6.07) is 1.55. The van der Waals surface area contributed by atoms with Crippen molar-refractivity contribution in [2.24, 2.45) is 17.8 Å². The van der Waals surface area contributed by atoms with Crippen molar-refractivity contribution in [3.8, 4) is 11.5 Å². The lowest BCUT2D eigenvalue weighted by Crippen LogP contribution is -2.20. The van der Waals surface area contributed by atoms with E-state index in [1.54, 1.807) is 6.07 Å². The van der Waals surface area contributed by atoms with Crippen LogP contribution in [0.1, 0.15) is 76.2 Å². The van der Waals surface area contributed by atoms with Crippen LogP contribution in [0, 0.1) is 29.4 Å². The number of allylic oxidation sites excluding steroid dienone is 1. The highest BCUT2D eigenvalue weighted by atomic mass is 19.2. The fourth-order valence-corrected chi connectivity index (χ4v) is 4.91. The van der Waals surface area contributed by atoms with Gasteiger partial charge in [0.1, 0.15) is 5.75 Å². The Morgan fingerprint density at radius 2 is 1.61 bits per heavy atom. The van der Waals surface area contributed by atoms with Crippen LogP contribution >= 0.6 is 0 Å². The van der Waals surface area contributed by atoms with E-state index in [4.69, 9.17) is 9.47 Å². The summed E-state index contributed by atoms with van der Waals surface area (Å²) in [4.78, 5) is 0. The Labute approximate surface area is 168 Å². The summed E-state index contributed by atoms with van der Waals surface area (Å²) >= 11 is 0. The van der Waals surface area contributed by atoms with Crippen molar-refractivity contribution in [3.63, 3.8) is 0 Å². The molecule has 0 aromatic heterocycles. The van der Waals surface area contributed by atoms with E-state index in [2.05, 4.69) is 13.5 Å². The van der Waals surface area contributed by atoms with Crippen LogP contribution in [0.5, 0.6) is 11.5 Å². The second-order valence-electron chi connectivity index (χ2n) is 8.57. The van der Waals surface area contributed by atoms with Crippen LogP contribution in [-0.2, 0) is 0 Å². The molecule has 156 valence electrons. The van der Waals surface area contributed by atoms with Gasteiger partial charge in [-0.1, -0.05) is 32.3 Å². The number of halogens is 2. The quantitative estimate of drug-likeness (QED) is 0.464. The third-order valence-electron chi connectivity index (χ3n) is 6.92. The molecule has 0 atom stereocenters. The number of hydrogen-bond donors (Lipinski definition) is 0. The lowest BCUT2D eigenvalue weighted by atomic mass is 9.78. The molecule has 0 saturated heterocycles. The van der Waals surface area contributed by atoms with Crippen LogP contribution in [0.2, 0.25) is 0 Å². The molecule has 2 saturated carbocycles. The Morgan fingerprint density at radius 1 is 0.964 bits per heavy atom. The molecule has 4 heteroatoms. The van der Waals surface area contributed by atoms with Gasteiger partial charge in [-0.15, -0.1) is 6.58 Å². The first-order chi connectivity index (χ1) is 13.6. The maximum atomic E-state index is 15.0. The Morgan fingerprint density at radius 3 is 2.18 bits per heavy atom. The smallest absolute Gasteiger partial charge is 0.201 e. The van der Waals surface area contributed by atoms with E-state index in [9.17, 15) is 8.78 Å². The Bertz CT molecular complexity index is 657. The largest absolute Gasteiger partial charge is 0.496 e. The maximum Gasteiger partial charge on any atom is 0.201 e. The molecule has 2 aliphatic carbocycles. The minimum atomic E-state index is -0.871. The lowest BCUT2D eigenvalue weighted by Gasteiger charge is -2.29. The monoisotopic (exact) mass is 392 g/mol. The standard InChI is InChI=1S/C24H34F2O2/c1-4-16-6-8-18(9-7-16)15-28-21-14-20(27-3)22(24(26)23(21)25)19-12-10-17(5-2)11-13-19/h5,14,16-19H,2,4,6-13,15H2,1,3H3. The average Bonchev–Trinajstić information content (AvgIpc) is 2.75. The summed E-state index contributed by atoms with van der Waals surface area (Å²) in [6.07, 6.45) is 11.4. The molecule has 2 aliphatic rings. The van der Waals surface area contributed by atoms with E-state index < -0.39 is 11.6 Å². The predicted octanol–water partition coefficient (Wildman–Crippen LogP) is 7.03. The van der Waals surface area contributed by atoms with Crippen LogP contribution in [0.15, 0.2) is 18.7 Å². The molecule has 0 spiro atoms. The Kier molecular flexibility index (Phi) is 7.36. The zero-order valence-corrected chi connectivity index (χ0v) is 17.3. The fraction of sp³-hybridized carbons (Fsp3) is 0.667. The van der Waals surface area contributed by atoms with Gasteiger partial charge in [0.15, 0.2) is 11.6 Å². The highest BCUT2D eigenvalue weighted by Gasteiger charge is 2.30. The van der Waals surface area contributed by atoms with Gasteiger partial charge in [-0.25, -0.2) is 4.39 Å². The van der Waals surface area contributed by atoms with Gasteiger partial charge in [-0.05, 0) is 62.2 Å². The van der Waals surface area contributed by atoms with Crippen LogP contribution in [-0.4, -0.2) is 13.7 Å². The van der Waals surface area contributed by atoms with E-state index in [-0.39, 0.29) is 11.7 Å². The minimum absolute atomic E-state index is 0.0148. The molecular weight excluding hydrogens is 358 g/mol. The van der Waals surface area contributed by atoms with Crippen LogP contribution in [0.3, 0.4) is 0 Å². The topological polar surface area (TPSA) is 18.5 Å². The van der Waals surface area contributed by atoms with Gasteiger partial charge in [0.25, 0.3) is 0 Å². The van der Waals surface area contributed by atoms with Crippen LogP contribution in [0.25, 0.3) is 0 Å². The van der Waals surface area contributed by atoms with E-state index in [1.807, 2.05) is 6.08 Å². The van der Waals surface area contributed by atoms with Crippen molar-refractivity contribution in [1.29, 1.82) is 0 Å². The number of methoxy groups -OCH3 is 1. The van der Waals surface area contributed by atoms with Gasteiger partial charge in [-0.3, -0.25) is 0 Å². The molecule has 0 radical (unpaired) electrons. The summed E-state index contributed by atoms with van der Waals surface area (Å²) in [6.45, 7) is 6.53. The van der Waals surface area contributed by atoms with Crippen molar-refractivity contribution in [2.45, 2.75) is 70.6 Å². The molecule has 1 aromatic carbocycles. The van der Waals surface area contributed by atoms with E-state index >= 15 is 0 Å². The molecule has 0 aliphatic heterocycles. The zero-order chi connectivity index (χ0) is 20.1. The first kappa shape index (κ1) is 21.1. The highest BCUT2D eigenvalue weighted by molar-refractivity contribution is 5.45. The maximum absolute atomic E-state index is 15.0. The lowest BCUT2D eigenvalue weighted by molar-refractivity contribution is 0.174. The predicted molar refractivity (Wildman–Crippen MR) is 109 cm³/mol. The van der Waals surface area contributed by atoms with Gasteiger partial charge < -0.3 is 9.47 Å². The minimum Gasteiger partial charge on any atom is -0.496 e. The van der Waals surface area contributed by atoms with Crippen molar-refractivity contribution in [1.82, 2.24) is 0 Å². The fourth-order valence-electron chi connectivity index (χ4n) is 4.91. The second-order valence-corrected chi connectivity index (χ2v) is 8.57. The Hall–Kier alpha value is -1.58. The Balaban J connectivity index is 1.70. The molecule has 1 aromatic rings. The molecule has 3 rings (SSSR count). The molecule has 2 nitrogen and oxygen atoms in total. The molecule has 0 unspecified atom stereocenters. The van der Waals surface area contributed by atoms with Crippen molar-refractivity contribution in [2.75, 3.05) is 13.7 Å².